The Kier molecular flexibility index (Phi) is 4.94. The lowest BCUT2D eigenvalue weighted by molar-refractivity contribution is -0.117. The number of carbonyl (C=O) groups is 1. The van der Waals surface area contributed by atoms with Crippen molar-refractivity contribution in [2.24, 2.45) is 0 Å². The number of benzene rings is 1. The molecule has 1 aromatic carbocycles. The molecule has 0 unspecified atom stereocenters. The van der Waals surface area contributed by atoms with E-state index >= 15 is 0 Å². The van der Waals surface area contributed by atoms with Gasteiger partial charge in [0.1, 0.15) is 11.3 Å². The van der Waals surface area contributed by atoms with Crippen LogP contribution in [-0.2, 0) is 17.8 Å². The van der Waals surface area contributed by atoms with Crippen molar-refractivity contribution in [3.8, 4) is 0 Å². The number of aliphatic hydroxyl groups excluding tert-OH is 1. The van der Waals surface area contributed by atoms with Crippen LogP contribution in [0, 0.1) is 0 Å². The Hall–Kier alpha value is -1.82. The molecule has 0 saturated carbocycles. The molecule has 1 aliphatic rings. The van der Waals surface area contributed by atoms with Gasteiger partial charge in [0.15, 0.2) is 0 Å². The van der Waals surface area contributed by atoms with E-state index in [1.807, 2.05) is 12.1 Å². The number of likely N-dealkylation sites (N-methyl/N-ethyl adjacent to an activating group) is 2. The van der Waals surface area contributed by atoms with E-state index in [1.54, 1.807) is 13.1 Å². The molecule has 0 aliphatic carbocycles. The molecule has 0 radical (unpaired) electrons. The second-order valence-electron chi connectivity index (χ2n) is 6.05. The summed E-state index contributed by atoms with van der Waals surface area (Å²) in [6.07, 6.45) is 2.88. The van der Waals surface area contributed by atoms with Crippen molar-refractivity contribution in [2.45, 2.75) is 19.4 Å². The van der Waals surface area contributed by atoms with Crippen LogP contribution in [0.15, 0.2) is 22.1 Å². The number of hydrogen-bond donors (Lipinski definition) is 2. The molecule has 2 aromatic rings. The molecule has 3 rings (SSSR count). The number of amides is 1. The van der Waals surface area contributed by atoms with E-state index in [0.29, 0.717) is 11.3 Å². The van der Waals surface area contributed by atoms with Gasteiger partial charge in [-0.25, -0.2) is 0 Å². The highest BCUT2D eigenvalue weighted by Crippen LogP contribution is 2.37. The summed E-state index contributed by atoms with van der Waals surface area (Å²) in [5, 5.41) is 13.6. The van der Waals surface area contributed by atoms with Gasteiger partial charge in [-0.2, -0.15) is 0 Å². The van der Waals surface area contributed by atoms with Crippen molar-refractivity contribution < 1.29 is 14.3 Å². The molecule has 0 spiro atoms. The lowest BCUT2D eigenvalue weighted by Gasteiger charge is -2.13. The molecule has 24 heavy (non-hydrogen) atoms. The summed E-state index contributed by atoms with van der Waals surface area (Å²) in [7, 11) is 3.63. The Balaban J connectivity index is 2.20. The van der Waals surface area contributed by atoms with Crippen LogP contribution < -0.4 is 5.32 Å². The first-order valence-corrected chi connectivity index (χ1v) is 8.37. The Morgan fingerprint density at radius 1 is 1.46 bits per heavy atom. The summed E-state index contributed by atoms with van der Waals surface area (Å²) < 4.78 is 6.02. The maximum Gasteiger partial charge on any atom is 0.247 e. The summed E-state index contributed by atoms with van der Waals surface area (Å²) in [6, 6.07) is 3.73. The van der Waals surface area contributed by atoms with Gasteiger partial charge in [-0.3, -0.25) is 4.79 Å². The highest BCUT2D eigenvalue weighted by Gasteiger charge is 2.23. The zero-order chi connectivity index (χ0) is 17.3. The largest absolute Gasteiger partial charge is 0.456 e. The summed E-state index contributed by atoms with van der Waals surface area (Å²) in [5.74, 6) is 0.450. The average molecular weight is 349 g/mol. The van der Waals surface area contributed by atoms with Gasteiger partial charge in [0.2, 0.25) is 5.91 Å². The predicted molar refractivity (Wildman–Crippen MR) is 95.0 cm³/mol. The number of halogens is 1. The molecule has 5 nitrogen and oxygen atoms in total. The quantitative estimate of drug-likeness (QED) is 0.833. The number of rotatable bonds is 4. The third-order valence-electron chi connectivity index (χ3n) is 4.41. The molecule has 0 bridgehead atoms. The van der Waals surface area contributed by atoms with Crippen LogP contribution >= 0.6 is 11.6 Å². The molecule has 0 fully saturated rings. The Labute approximate surface area is 145 Å². The van der Waals surface area contributed by atoms with Gasteiger partial charge >= 0.3 is 0 Å². The van der Waals surface area contributed by atoms with E-state index in [0.717, 1.165) is 46.6 Å². The van der Waals surface area contributed by atoms with E-state index in [-0.39, 0.29) is 18.9 Å². The number of nitrogens with one attached hydrogen (secondary N) is 1. The number of hydrogen-bond acceptors (Lipinski definition) is 4. The highest BCUT2D eigenvalue weighted by atomic mass is 35.5. The molecule has 1 aromatic heterocycles. The minimum atomic E-state index is -0.211. The first-order valence-electron chi connectivity index (χ1n) is 8.00. The van der Waals surface area contributed by atoms with Crippen LogP contribution in [0.2, 0.25) is 5.02 Å². The number of carbonyl (C=O) groups excluding carboxylic acids is 1. The van der Waals surface area contributed by atoms with Gasteiger partial charge in [-0.05, 0) is 37.2 Å². The summed E-state index contributed by atoms with van der Waals surface area (Å²) >= 11 is 6.39. The van der Waals surface area contributed by atoms with Gasteiger partial charge in [0.05, 0.1) is 0 Å². The maximum atomic E-state index is 12.0. The summed E-state index contributed by atoms with van der Waals surface area (Å²) in [6.45, 7) is 1.55. The van der Waals surface area contributed by atoms with Crippen LogP contribution in [0.1, 0.15) is 23.3 Å². The third-order valence-corrected chi connectivity index (χ3v) is 4.77. The van der Waals surface area contributed by atoms with Crippen LogP contribution in [0.25, 0.3) is 17.0 Å². The fraction of sp³-hybridized carbons (Fsp3) is 0.389. The van der Waals surface area contributed by atoms with Gasteiger partial charge < -0.3 is 19.7 Å². The molecule has 1 aliphatic heterocycles. The zero-order valence-corrected chi connectivity index (χ0v) is 14.6. The van der Waals surface area contributed by atoms with Crippen LogP contribution in [0.5, 0.6) is 0 Å². The lowest BCUT2D eigenvalue weighted by Crippen LogP contribution is -2.21. The minimum absolute atomic E-state index is 0.0915. The van der Waals surface area contributed by atoms with Gasteiger partial charge in [0, 0.05) is 54.7 Å². The standard InChI is InChI=1S/C18H21ClN2O3/c1-20-18(23)11(6-8-22)9-16-13-10-21(2)7-5-12-14(19)3-4-15(24-16)17(12)13/h3-4,9,22H,5-8,10H2,1-2H3,(H,20,23)/b11-9+. The molecule has 0 atom stereocenters. The van der Waals surface area contributed by atoms with E-state index in [1.165, 1.54) is 0 Å². The number of furan rings is 1. The van der Waals surface area contributed by atoms with Gasteiger partial charge in [-0.1, -0.05) is 11.6 Å². The molecule has 1 amide bonds. The fourth-order valence-corrected chi connectivity index (χ4v) is 3.43. The highest BCUT2D eigenvalue weighted by molar-refractivity contribution is 6.32. The predicted octanol–water partition coefficient (Wildman–Crippen LogP) is 2.59. The maximum absolute atomic E-state index is 12.0. The van der Waals surface area contributed by atoms with E-state index in [9.17, 15) is 9.90 Å². The summed E-state index contributed by atoms with van der Waals surface area (Å²) in [5.41, 5.74) is 3.42. The molecule has 2 heterocycles. The topological polar surface area (TPSA) is 65.7 Å². The second-order valence-corrected chi connectivity index (χ2v) is 6.46. The first kappa shape index (κ1) is 17.0. The monoisotopic (exact) mass is 348 g/mol. The molecular formula is C18H21ClN2O3. The van der Waals surface area contributed by atoms with Crippen molar-refractivity contribution in [3.63, 3.8) is 0 Å². The SMILES string of the molecule is CNC(=O)/C(=C/c1oc2ccc(Cl)c3c2c1CN(C)CC3)CCO. The van der Waals surface area contributed by atoms with Crippen molar-refractivity contribution in [2.75, 3.05) is 27.2 Å². The van der Waals surface area contributed by atoms with Crippen molar-refractivity contribution in [3.05, 3.63) is 39.6 Å². The molecule has 0 saturated heterocycles. The Bertz CT molecular complexity index is 810. The molecule has 128 valence electrons. The van der Waals surface area contributed by atoms with Crippen LogP contribution in [-0.4, -0.2) is 43.2 Å². The van der Waals surface area contributed by atoms with E-state index < -0.39 is 0 Å². The van der Waals surface area contributed by atoms with Gasteiger partial charge in [0.25, 0.3) is 0 Å². The number of nitrogens with zero attached hydrogens (tertiary/aromatic N) is 1. The summed E-state index contributed by atoms with van der Waals surface area (Å²) in [4.78, 5) is 14.2. The second kappa shape index (κ2) is 6.97. The van der Waals surface area contributed by atoms with Crippen molar-refractivity contribution in [1.82, 2.24) is 10.2 Å². The molecule has 6 heteroatoms. The van der Waals surface area contributed by atoms with Gasteiger partial charge in [-0.15, -0.1) is 0 Å². The normalized spacial score (nSPS) is 15.6. The molecule has 2 N–H and O–H groups in total. The minimum Gasteiger partial charge on any atom is -0.456 e. The van der Waals surface area contributed by atoms with Crippen LogP contribution in [0.4, 0.5) is 0 Å². The van der Waals surface area contributed by atoms with Crippen molar-refractivity contribution in [1.29, 1.82) is 0 Å². The first-order chi connectivity index (χ1) is 11.5. The lowest BCUT2D eigenvalue weighted by atomic mass is 10.0. The van der Waals surface area contributed by atoms with E-state index in [2.05, 4.69) is 17.3 Å². The Morgan fingerprint density at radius 3 is 2.96 bits per heavy atom. The average Bonchev–Trinajstić information content (AvgIpc) is 2.79. The molecular weight excluding hydrogens is 328 g/mol. The Morgan fingerprint density at radius 2 is 2.25 bits per heavy atom. The van der Waals surface area contributed by atoms with Crippen LogP contribution in [0.3, 0.4) is 0 Å². The zero-order valence-electron chi connectivity index (χ0n) is 13.9. The van der Waals surface area contributed by atoms with Crippen molar-refractivity contribution >= 4 is 34.6 Å². The fourth-order valence-electron chi connectivity index (χ4n) is 3.18. The van der Waals surface area contributed by atoms with E-state index in [4.69, 9.17) is 16.0 Å². The number of aliphatic hydroxyl groups is 1. The third kappa shape index (κ3) is 3.07. The smallest absolute Gasteiger partial charge is 0.247 e.